The Bertz CT molecular complexity index is 879. The Labute approximate surface area is 192 Å². The number of rotatable bonds is 8. The van der Waals surface area contributed by atoms with Crippen LogP contribution >= 0.6 is 0 Å². The normalized spacial score (nSPS) is 24.0. The van der Waals surface area contributed by atoms with E-state index >= 15 is 0 Å². The number of benzene rings is 1. The van der Waals surface area contributed by atoms with E-state index in [1.54, 1.807) is 11.8 Å². The molecule has 0 bridgehead atoms. The lowest BCUT2D eigenvalue weighted by Crippen LogP contribution is -2.59. The fourth-order valence-electron chi connectivity index (χ4n) is 4.91. The van der Waals surface area contributed by atoms with Crippen LogP contribution in [0, 0.1) is 5.92 Å². The second kappa shape index (κ2) is 10.7. The summed E-state index contributed by atoms with van der Waals surface area (Å²) < 4.78 is 0. The predicted molar refractivity (Wildman–Crippen MR) is 120 cm³/mol. The van der Waals surface area contributed by atoms with E-state index in [4.69, 9.17) is 0 Å². The predicted octanol–water partition coefficient (Wildman–Crippen LogP) is 0.766. The van der Waals surface area contributed by atoms with Crippen LogP contribution in [-0.4, -0.2) is 88.2 Å². The molecule has 0 spiro atoms. The van der Waals surface area contributed by atoms with Crippen molar-refractivity contribution in [1.29, 1.82) is 0 Å². The molecule has 1 aromatic rings. The van der Waals surface area contributed by atoms with E-state index in [0.717, 1.165) is 5.56 Å². The van der Waals surface area contributed by atoms with Crippen molar-refractivity contribution in [2.24, 2.45) is 5.92 Å². The summed E-state index contributed by atoms with van der Waals surface area (Å²) in [6, 6.07) is 5.95. The van der Waals surface area contributed by atoms with Crippen LogP contribution in [0.25, 0.3) is 0 Å². The molecular formula is C23H32N4O6. The first kappa shape index (κ1) is 24.5. The Morgan fingerprint density at radius 3 is 2.45 bits per heavy atom. The average molecular weight is 461 g/mol. The van der Waals surface area contributed by atoms with Crippen molar-refractivity contribution >= 4 is 23.9 Å². The Morgan fingerprint density at radius 1 is 1.15 bits per heavy atom. The molecule has 2 aliphatic rings. The zero-order valence-electron chi connectivity index (χ0n) is 18.9. The van der Waals surface area contributed by atoms with Gasteiger partial charge in [-0.15, -0.1) is 0 Å². The molecule has 4 N–H and O–H groups in total. The van der Waals surface area contributed by atoms with Crippen LogP contribution < -0.4 is 10.6 Å². The number of urea groups is 1. The highest BCUT2D eigenvalue weighted by Gasteiger charge is 2.50. The van der Waals surface area contributed by atoms with Gasteiger partial charge in [0.05, 0.1) is 12.1 Å². The van der Waals surface area contributed by atoms with Gasteiger partial charge in [-0.3, -0.25) is 14.9 Å². The number of hydrogen-bond acceptors (Lipinski definition) is 5. The number of carbonyl (C=O) groups is 4. The van der Waals surface area contributed by atoms with Gasteiger partial charge in [-0.2, -0.15) is 0 Å². The number of amides is 3. The maximum atomic E-state index is 13.4. The van der Waals surface area contributed by atoms with Crippen molar-refractivity contribution in [1.82, 2.24) is 20.4 Å². The molecule has 3 amide bonds. The number of aryl methyl sites for hydroxylation is 1. The van der Waals surface area contributed by atoms with Gasteiger partial charge >= 0.3 is 18.0 Å². The van der Waals surface area contributed by atoms with Gasteiger partial charge in [0.15, 0.2) is 0 Å². The molecule has 33 heavy (non-hydrogen) atoms. The third kappa shape index (κ3) is 5.62. The summed E-state index contributed by atoms with van der Waals surface area (Å²) >= 11 is 0. The summed E-state index contributed by atoms with van der Waals surface area (Å²) in [5.74, 6) is -2.63. The molecule has 2 saturated heterocycles. The SMILES string of the molecule is CNC(=O)N1CC[C@@H]2C[C@H](C(=O)O)N(C(=O)[C@@H](C)N[C@H](CCc3ccccc3)C(=O)O)[C@H]2C1. The van der Waals surface area contributed by atoms with Gasteiger partial charge in [-0.05, 0) is 44.1 Å². The van der Waals surface area contributed by atoms with E-state index in [2.05, 4.69) is 10.6 Å². The standard InChI is InChI=1S/C23H32N4O6/c1-14(25-17(21(29)30)9-8-15-6-4-3-5-7-15)20(28)27-18(22(31)32)12-16-10-11-26(13-19(16)27)23(33)24-2/h3-7,14,16-19,25H,8-13H2,1-2H3,(H,24,33)(H,29,30)(H,31,32)/t14-,16-,17-,18-,19+/m1/s1. The highest BCUT2D eigenvalue weighted by Crippen LogP contribution is 2.36. The smallest absolute Gasteiger partial charge is 0.326 e. The number of piperidine rings is 1. The molecule has 10 heteroatoms. The van der Waals surface area contributed by atoms with Crippen molar-refractivity contribution < 1.29 is 29.4 Å². The van der Waals surface area contributed by atoms with Crippen molar-refractivity contribution in [3.8, 4) is 0 Å². The number of fused-ring (bicyclic) bond motifs is 1. The molecule has 10 nitrogen and oxygen atoms in total. The number of carboxylic acid groups (broad SMARTS) is 2. The topological polar surface area (TPSA) is 139 Å². The number of nitrogens with one attached hydrogen (secondary N) is 2. The summed E-state index contributed by atoms with van der Waals surface area (Å²) in [6.07, 6.45) is 1.76. The largest absolute Gasteiger partial charge is 0.480 e. The second-order valence-corrected chi connectivity index (χ2v) is 8.76. The molecule has 0 aliphatic carbocycles. The number of nitrogens with zero attached hydrogens (tertiary/aromatic N) is 2. The van der Waals surface area contributed by atoms with Crippen LogP contribution in [0.4, 0.5) is 4.79 Å². The van der Waals surface area contributed by atoms with Gasteiger partial charge in [-0.1, -0.05) is 30.3 Å². The molecule has 2 heterocycles. The minimum Gasteiger partial charge on any atom is -0.480 e. The summed E-state index contributed by atoms with van der Waals surface area (Å²) in [5, 5.41) is 24.9. The quantitative estimate of drug-likeness (QED) is 0.449. The molecule has 0 unspecified atom stereocenters. The highest BCUT2D eigenvalue weighted by atomic mass is 16.4. The molecule has 2 aliphatic heterocycles. The minimum atomic E-state index is -1.09. The molecule has 1 aromatic carbocycles. The van der Waals surface area contributed by atoms with Gasteiger partial charge < -0.3 is 25.3 Å². The third-order valence-corrected chi connectivity index (χ3v) is 6.67. The number of hydrogen-bond donors (Lipinski definition) is 4. The van der Waals surface area contributed by atoms with E-state index < -0.39 is 42.0 Å². The lowest BCUT2D eigenvalue weighted by Gasteiger charge is -2.39. The van der Waals surface area contributed by atoms with Crippen LogP contribution in [-0.2, 0) is 20.8 Å². The fourth-order valence-corrected chi connectivity index (χ4v) is 4.91. The molecule has 0 radical (unpaired) electrons. The van der Waals surface area contributed by atoms with E-state index in [1.165, 1.54) is 11.9 Å². The summed E-state index contributed by atoms with van der Waals surface area (Å²) in [7, 11) is 1.53. The van der Waals surface area contributed by atoms with E-state index in [9.17, 15) is 29.4 Å². The van der Waals surface area contributed by atoms with Gasteiger partial charge in [0.1, 0.15) is 12.1 Å². The van der Waals surface area contributed by atoms with Gasteiger partial charge in [-0.25, -0.2) is 9.59 Å². The summed E-state index contributed by atoms with van der Waals surface area (Å²) in [6.45, 7) is 2.32. The Kier molecular flexibility index (Phi) is 7.91. The zero-order chi connectivity index (χ0) is 24.1. The zero-order valence-corrected chi connectivity index (χ0v) is 18.9. The maximum absolute atomic E-state index is 13.4. The first-order valence-corrected chi connectivity index (χ1v) is 11.3. The van der Waals surface area contributed by atoms with Gasteiger partial charge in [0, 0.05) is 20.1 Å². The summed E-state index contributed by atoms with van der Waals surface area (Å²) in [4.78, 5) is 52.2. The fraction of sp³-hybridized carbons (Fsp3) is 0.565. The molecule has 0 aromatic heterocycles. The van der Waals surface area contributed by atoms with Crippen LogP contribution in [0.5, 0.6) is 0 Å². The van der Waals surface area contributed by atoms with E-state index in [1.807, 2.05) is 30.3 Å². The van der Waals surface area contributed by atoms with Crippen molar-refractivity contribution in [2.45, 2.75) is 56.8 Å². The number of aliphatic carboxylic acids is 2. The van der Waals surface area contributed by atoms with Crippen LogP contribution in [0.3, 0.4) is 0 Å². The van der Waals surface area contributed by atoms with Gasteiger partial charge in [0.25, 0.3) is 0 Å². The van der Waals surface area contributed by atoms with E-state index in [0.29, 0.717) is 25.8 Å². The highest BCUT2D eigenvalue weighted by molar-refractivity contribution is 5.88. The maximum Gasteiger partial charge on any atom is 0.326 e. The molecule has 180 valence electrons. The number of carbonyl (C=O) groups excluding carboxylic acids is 2. The molecule has 3 rings (SSSR count). The first-order chi connectivity index (χ1) is 15.7. The average Bonchev–Trinajstić information content (AvgIpc) is 3.20. The van der Waals surface area contributed by atoms with Crippen molar-refractivity contribution in [3.05, 3.63) is 35.9 Å². The lowest BCUT2D eigenvalue weighted by atomic mass is 9.91. The van der Waals surface area contributed by atoms with Crippen molar-refractivity contribution in [2.75, 3.05) is 20.1 Å². The first-order valence-electron chi connectivity index (χ1n) is 11.3. The lowest BCUT2D eigenvalue weighted by molar-refractivity contribution is -0.151. The molecule has 2 fully saturated rings. The monoisotopic (exact) mass is 460 g/mol. The molecular weight excluding hydrogens is 428 g/mol. The van der Waals surface area contributed by atoms with Crippen molar-refractivity contribution in [3.63, 3.8) is 0 Å². The van der Waals surface area contributed by atoms with E-state index in [-0.39, 0.29) is 24.9 Å². The number of carboxylic acids is 2. The molecule has 5 atom stereocenters. The second-order valence-electron chi connectivity index (χ2n) is 8.76. The number of likely N-dealkylation sites (tertiary alicyclic amines) is 2. The van der Waals surface area contributed by atoms with Crippen LogP contribution in [0.1, 0.15) is 31.7 Å². The Hall–Kier alpha value is -3.14. The minimum absolute atomic E-state index is 0.0171. The third-order valence-electron chi connectivity index (χ3n) is 6.67. The van der Waals surface area contributed by atoms with Gasteiger partial charge in [0.2, 0.25) is 5.91 Å². The Morgan fingerprint density at radius 2 is 1.85 bits per heavy atom. The Balaban J connectivity index is 1.71. The molecule has 0 saturated carbocycles. The van der Waals surface area contributed by atoms with Crippen LogP contribution in [0.2, 0.25) is 0 Å². The summed E-state index contributed by atoms with van der Waals surface area (Å²) in [5.41, 5.74) is 0.995. The van der Waals surface area contributed by atoms with Crippen LogP contribution in [0.15, 0.2) is 30.3 Å².